The van der Waals surface area contributed by atoms with Gasteiger partial charge in [0.2, 0.25) is 9.84 Å². The van der Waals surface area contributed by atoms with Crippen molar-refractivity contribution < 1.29 is 21.9 Å². The minimum absolute atomic E-state index is 0.0930. The van der Waals surface area contributed by atoms with Crippen molar-refractivity contribution in [2.24, 2.45) is 5.41 Å². The summed E-state index contributed by atoms with van der Waals surface area (Å²) in [6.45, 7) is 6.31. The quantitative estimate of drug-likeness (QED) is 0.820. The third-order valence-corrected chi connectivity index (χ3v) is 6.90. The van der Waals surface area contributed by atoms with Crippen molar-refractivity contribution in [3.63, 3.8) is 0 Å². The number of hydrogen-bond donors (Lipinski definition) is 0. The van der Waals surface area contributed by atoms with Crippen molar-refractivity contribution in [3.05, 3.63) is 24.3 Å². The highest BCUT2D eigenvalue weighted by Crippen LogP contribution is 2.54. The Morgan fingerprint density at radius 3 is 2.13 bits per heavy atom. The molecule has 1 aromatic carbocycles. The van der Waals surface area contributed by atoms with Gasteiger partial charge in [-0.3, -0.25) is 0 Å². The number of benzene rings is 1. The lowest BCUT2D eigenvalue weighted by Crippen LogP contribution is -2.68. The fraction of sp³-hybridized carbons (Fsp3) is 0.625. The van der Waals surface area contributed by atoms with Gasteiger partial charge in [-0.05, 0) is 37.6 Å². The smallest absolute Gasteiger partial charge is 0.341 e. The number of nitrogens with zero attached hydrogens (tertiary/aromatic N) is 1. The van der Waals surface area contributed by atoms with Gasteiger partial charge in [-0.1, -0.05) is 13.8 Å². The Hall–Kier alpha value is -1.21. The van der Waals surface area contributed by atoms with E-state index in [1.807, 2.05) is 11.9 Å². The first kappa shape index (κ1) is 18.1. The fourth-order valence-electron chi connectivity index (χ4n) is 3.23. The first-order chi connectivity index (χ1) is 10.5. The lowest BCUT2D eigenvalue weighted by molar-refractivity contribution is -0.172. The number of rotatable bonds is 5. The molecule has 7 heteroatoms. The molecule has 23 heavy (non-hydrogen) atoms. The Bertz CT molecular complexity index is 673. The fourth-order valence-corrected chi connectivity index (χ4v) is 3.95. The van der Waals surface area contributed by atoms with E-state index in [1.54, 1.807) is 19.2 Å². The van der Waals surface area contributed by atoms with Crippen LogP contribution in [0, 0.1) is 5.41 Å². The summed E-state index contributed by atoms with van der Waals surface area (Å²) in [5.41, 5.74) is 0.476. The maximum absolute atomic E-state index is 12.6. The van der Waals surface area contributed by atoms with Gasteiger partial charge in [0.15, 0.2) is 0 Å². The molecular weight excluding hydrogens is 324 g/mol. The molecule has 1 aromatic rings. The van der Waals surface area contributed by atoms with Crippen LogP contribution in [-0.2, 0) is 14.6 Å². The van der Waals surface area contributed by atoms with Crippen LogP contribution < -0.4 is 4.90 Å². The third kappa shape index (κ3) is 2.74. The molecule has 130 valence electrons. The molecule has 4 nitrogen and oxygen atoms in total. The number of ether oxygens (including phenoxy) is 1. The molecule has 1 saturated carbocycles. The average molecular weight is 347 g/mol. The number of sulfone groups is 1. The summed E-state index contributed by atoms with van der Waals surface area (Å²) < 4.78 is 53.7. The first-order valence-electron chi connectivity index (χ1n) is 7.37. The molecule has 1 fully saturated rings. The van der Waals surface area contributed by atoms with Crippen LogP contribution in [0.3, 0.4) is 0 Å². The molecule has 0 N–H and O–H groups in total. The maximum atomic E-state index is 12.6. The van der Waals surface area contributed by atoms with E-state index in [0.29, 0.717) is 0 Å². The summed E-state index contributed by atoms with van der Waals surface area (Å²) in [5, 5.41) is 0. The van der Waals surface area contributed by atoms with Gasteiger partial charge < -0.3 is 9.64 Å². The van der Waals surface area contributed by atoms with Crippen molar-refractivity contribution in [3.8, 4) is 0 Å². The largest absolute Gasteiger partial charge is 0.378 e. The van der Waals surface area contributed by atoms with Crippen LogP contribution in [0.1, 0.15) is 27.2 Å². The van der Waals surface area contributed by atoms with Crippen molar-refractivity contribution in [2.75, 3.05) is 19.1 Å². The number of anilines is 1. The topological polar surface area (TPSA) is 46.6 Å². The highest BCUT2D eigenvalue weighted by molar-refractivity contribution is 7.91. The normalized spacial score (nSPS) is 26.9. The molecule has 2 unspecified atom stereocenters. The van der Waals surface area contributed by atoms with Gasteiger partial charge in [-0.15, -0.1) is 0 Å². The molecule has 2 atom stereocenters. The zero-order chi connectivity index (χ0) is 17.6. The maximum Gasteiger partial charge on any atom is 0.341 e. The monoisotopic (exact) mass is 347 g/mol. The molecular formula is C16H23F2NO3S. The molecule has 2 rings (SSSR count). The standard InChI is InChI=1S/C16H23F2NO3S/c1-15(2)13(10-16(15,3)22-5)19(4)11-6-8-12(9-7-11)23(20,21)14(17)18/h6-9,13-14H,10H2,1-5H3. The molecule has 0 radical (unpaired) electrons. The second-order valence-electron chi connectivity index (χ2n) is 6.79. The lowest BCUT2D eigenvalue weighted by atomic mass is 9.55. The van der Waals surface area contributed by atoms with Gasteiger partial charge >= 0.3 is 5.76 Å². The molecule has 0 amide bonds. The van der Waals surface area contributed by atoms with Crippen LogP contribution in [0.15, 0.2) is 29.2 Å². The van der Waals surface area contributed by atoms with Crippen molar-refractivity contribution in [1.82, 2.24) is 0 Å². The highest BCUT2D eigenvalue weighted by Gasteiger charge is 2.59. The molecule has 0 spiro atoms. The van der Waals surface area contributed by atoms with Crippen LogP contribution in [0.5, 0.6) is 0 Å². The van der Waals surface area contributed by atoms with E-state index in [-0.39, 0.29) is 22.0 Å². The zero-order valence-electron chi connectivity index (χ0n) is 14.0. The molecule has 1 aliphatic rings. The number of halogens is 2. The minimum atomic E-state index is -4.55. The van der Waals surface area contributed by atoms with E-state index in [0.717, 1.165) is 12.1 Å². The highest BCUT2D eigenvalue weighted by atomic mass is 32.2. The molecule has 1 aliphatic carbocycles. The van der Waals surface area contributed by atoms with Crippen LogP contribution in [0.4, 0.5) is 14.5 Å². The van der Waals surface area contributed by atoms with Crippen LogP contribution in [0.2, 0.25) is 0 Å². The second-order valence-corrected chi connectivity index (χ2v) is 8.70. The van der Waals surface area contributed by atoms with Gasteiger partial charge in [0.1, 0.15) is 0 Å². The Morgan fingerprint density at radius 1 is 1.22 bits per heavy atom. The van der Waals surface area contributed by atoms with E-state index in [1.165, 1.54) is 12.1 Å². The summed E-state index contributed by atoms with van der Waals surface area (Å²) in [5.74, 6) is -3.40. The lowest BCUT2D eigenvalue weighted by Gasteiger charge is -2.62. The summed E-state index contributed by atoms with van der Waals surface area (Å²) in [6, 6.07) is 5.80. The zero-order valence-corrected chi connectivity index (χ0v) is 14.8. The van der Waals surface area contributed by atoms with Crippen molar-refractivity contribution in [1.29, 1.82) is 0 Å². The average Bonchev–Trinajstić information content (AvgIpc) is 2.51. The van der Waals surface area contributed by atoms with Crippen molar-refractivity contribution >= 4 is 15.5 Å². The summed E-state index contributed by atoms with van der Waals surface area (Å²) in [7, 11) is -0.937. The van der Waals surface area contributed by atoms with Crippen LogP contribution in [-0.4, -0.2) is 40.0 Å². The molecule has 0 heterocycles. The molecule has 0 bridgehead atoms. The van der Waals surface area contributed by atoms with Gasteiger partial charge in [0, 0.05) is 31.3 Å². The summed E-state index contributed by atoms with van der Waals surface area (Å²) in [6.07, 6.45) is 0.837. The predicted octanol–water partition coefficient (Wildman–Crippen LogP) is 3.32. The predicted molar refractivity (Wildman–Crippen MR) is 85.6 cm³/mol. The van der Waals surface area contributed by atoms with Gasteiger partial charge in [0.25, 0.3) is 0 Å². The molecule has 0 aliphatic heterocycles. The summed E-state index contributed by atoms with van der Waals surface area (Å²) >= 11 is 0. The van der Waals surface area contributed by atoms with Gasteiger partial charge in [-0.2, -0.15) is 8.78 Å². The van der Waals surface area contributed by atoms with Gasteiger partial charge in [0.05, 0.1) is 10.5 Å². The molecule has 0 saturated heterocycles. The van der Waals surface area contributed by atoms with E-state index in [2.05, 4.69) is 20.8 Å². The van der Waals surface area contributed by atoms with Crippen LogP contribution >= 0.6 is 0 Å². The van der Waals surface area contributed by atoms with E-state index >= 15 is 0 Å². The Kier molecular flexibility index (Phi) is 4.50. The second kappa shape index (κ2) is 5.70. The first-order valence-corrected chi connectivity index (χ1v) is 8.92. The van der Waals surface area contributed by atoms with Crippen molar-refractivity contribution in [2.45, 2.75) is 49.5 Å². The van der Waals surface area contributed by atoms with E-state index in [4.69, 9.17) is 4.74 Å². The number of hydrogen-bond acceptors (Lipinski definition) is 4. The Morgan fingerprint density at radius 2 is 1.74 bits per heavy atom. The van der Waals surface area contributed by atoms with E-state index in [9.17, 15) is 17.2 Å². The number of methoxy groups -OCH3 is 1. The summed E-state index contributed by atoms with van der Waals surface area (Å²) in [4.78, 5) is 1.68. The van der Waals surface area contributed by atoms with E-state index < -0.39 is 15.6 Å². The SMILES string of the molecule is COC1(C)CC(N(C)c2ccc(S(=O)(=O)C(F)F)cc2)C1(C)C. The van der Waals surface area contributed by atoms with Crippen LogP contribution in [0.25, 0.3) is 0 Å². The minimum Gasteiger partial charge on any atom is -0.378 e. The number of alkyl halides is 2. The third-order valence-electron chi connectivity index (χ3n) is 5.50. The Balaban J connectivity index is 2.22. The Labute approximate surface area is 136 Å². The molecule has 0 aromatic heterocycles. The van der Waals surface area contributed by atoms with Gasteiger partial charge in [-0.25, -0.2) is 8.42 Å².